The minimum Gasteiger partial charge on any atom is -0.355 e. The maximum Gasteiger partial charge on any atom is 0.261 e. The maximum absolute atomic E-state index is 11.8. The van der Waals surface area contributed by atoms with E-state index < -0.39 is 0 Å². The predicted octanol–water partition coefficient (Wildman–Crippen LogP) is 1.55. The molecule has 3 N–H and O–H groups in total. The van der Waals surface area contributed by atoms with Crippen LogP contribution in [0, 0.1) is 0 Å². The quantitative estimate of drug-likeness (QED) is 0.693. The van der Waals surface area contributed by atoms with Crippen LogP contribution in [0.1, 0.15) is 35.4 Å². The zero-order valence-corrected chi connectivity index (χ0v) is 13.5. The molecule has 0 radical (unpaired) electrons. The van der Waals surface area contributed by atoms with E-state index in [1.807, 2.05) is 11.4 Å². The van der Waals surface area contributed by atoms with E-state index in [1.54, 1.807) is 6.07 Å². The second kappa shape index (κ2) is 9.76. The van der Waals surface area contributed by atoms with Gasteiger partial charge in [0.05, 0.1) is 10.9 Å². The number of piperidine rings is 1. The molecular formula is C14H22ClN3O2S. The molecule has 118 valence electrons. The van der Waals surface area contributed by atoms with Gasteiger partial charge in [-0.15, -0.1) is 23.7 Å². The van der Waals surface area contributed by atoms with Gasteiger partial charge in [0.25, 0.3) is 5.91 Å². The molecule has 1 saturated heterocycles. The zero-order valence-electron chi connectivity index (χ0n) is 11.9. The van der Waals surface area contributed by atoms with Crippen molar-refractivity contribution in [2.45, 2.75) is 31.7 Å². The van der Waals surface area contributed by atoms with Crippen molar-refractivity contribution in [2.75, 3.05) is 19.6 Å². The third kappa shape index (κ3) is 6.03. The lowest BCUT2D eigenvalue weighted by Gasteiger charge is -2.22. The highest BCUT2D eigenvalue weighted by molar-refractivity contribution is 7.12. The topological polar surface area (TPSA) is 70.2 Å². The first kappa shape index (κ1) is 17.9. The molecular weight excluding hydrogens is 310 g/mol. The summed E-state index contributed by atoms with van der Waals surface area (Å²) < 4.78 is 0. The Morgan fingerprint density at radius 1 is 1.29 bits per heavy atom. The Bertz CT molecular complexity index is 433. The maximum atomic E-state index is 11.8. The van der Waals surface area contributed by atoms with Crippen LogP contribution in [0.3, 0.4) is 0 Å². The highest BCUT2D eigenvalue weighted by atomic mass is 35.5. The molecule has 2 heterocycles. The van der Waals surface area contributed by atoms with Crippen LogP contribution >= 0.6 is 23.7 Å². The molecule has 5 nitrogen and oxygen atoms in total. The van der Waals surface area contributed by atoms with Gasteiger partial charge < -0.3 is 16.0 Å². The summed E-state index contributed by atoms with van der Waals surface area (Å²) >= 11 is 1.43. The third-order valence-corrected chi connectivity index (χ3v) is 4.18. The number of carbonyl (C=O) groups is 2. The summed E-state index contributed by atoms with van der Waals surface area (Å²) in [4.78, 5) is 24.2. The smallest absolute Gasteiger partial charge is 0.261 e. The summed E-state index contributed by atoms with van der Waals surface area (Å²) in [5.41, 5.74) is 0. The van der Waals surface area contributed by atoms with Crippen LogP contribution in [0.2, 0.25) is 0 Å². The molecule has 1 unspecified atom stereocenters. The number of hydrogen-bond acceptors (Lipinski definition) is 4. The van der Waals surface area contributed by atoms with Gasteiger partial charge in [-0.1, -0.05) is 12.5 Å². The fraction of sp³-hybridized carbons (Fsp3) is 0.571. The molecule has 0 aliphatic carbocycles. The number of thiophene rings is 1. The number of amides is 2. The average Bonchev–Trinajstić information content (AvgIpc) is 3.01. The van der Waals surface area contributed by atoms with E-state index in [-0.39, 0.29) is 30.3 Å². The lowest BCUT2D eigenvalue weighted by atomic mass is 10.0. The average molecular weight is 332 g/mol. The lowest BCUT2D eigenvalue weighted by Crippen LogP contribution is -2.47. The number of rotatable bonds is 6. The molecule has 1 aromatic heterocycles. The summed E-state index contributed by atoms with van der Waals surface area (Å²) in [5, 5.41) is 10.9. The third-order valence-electron chi connectivity index (χ3n) is 3.31. The van der Waals surface area contributed by atoms with Gasteiger partial charge in [0.2, 0.25) is 5.91 Å². The Labute approximate surface area is 135 Å². The number of carbonyl (C=O) groups excluding carboxylic acids is 2. The van der Waals surface area contributed by atoms with E-state index in [0.29, 0.717) is 13.1 Å². The number of nitrogens with one attached hydrogen (secondary N) is 3. The zero-order chi connectivity index (χ0) is 14.2. The van der Waals surface area contributed by atoms with Gasteiger partial charge in [0.1, 0.15) is 0 Å². The first-order valence-electron chi connectivity index (χ1n) is 7.10. The van der Waals surface area contributed by atoms with Crippen molar-refractivity contribution in [2.24, 2.45) is 0 Å². The molecule has 1 aliphatic rings. The number of hydrogen-bond donors (Lipinski definition) is 3. The molecule has 0 saturated carbocycles. The highest BCUT2D eigenvalue weighted by Gasteiger charge is 2.19. The monoisotopic (exact) mass is 331 g/mol. The van der Waals surface area contributed by atoms with Crippen LogP contribution in [0.15, 0.2) is 17.5 Å². The van der Waals surface area contributed by atoms with E-state index in [2.05, 4.69) is 16.0 Å². The fourth-order valence-electron chi connectivity index (χ4n) is 2.20. The molecule has 1 fully saturated rings. The van der Waals surface area contributed by atoms with Crippen LogP contribution in [-0.4, -0.2) is 37.5 Å². The van der Waals surface area contributed by atoms with Crippen molar-refractivity contribution in [1.29, 1.82) is 0 Å². The first-order valence-corrected chi connectivity index (χ1v) is 7.98. The predicted molar refractivity (Wildman–Crippen MR) is 87.2 cm³/mol. The second-order valence-corrected chi connectivity index (χ2v) is 5.83. The van der Waals surface area contributed by atoms with Crippen LogP contribution in [0.25, 0.3) is 0 Å². The van der Waals surface area contributed by atoms with Crippen LogP contribution in [-0.2, 0) is 4.79 Å². The number of halogens is 1. The molecule has 1 aliphatic heterocycles. The molecule has 2 rings (SSSR count). The van der Waals surface area contributed by atoms with Gasteiger partial charge in [-0.25, -0.2) is 0 Å². The summed E-state index contributed by atoms with van der Waals surface area (Å²) in [6, 6.07) is 3.62. The summed E-state index contributed by atoms with van der Waals surface area (Å²) in [6.07, 6.45) is 3.93. The highest BCUT2D eigenvalue weighted by Crippen LogP contribution is 2.08. The van der Waals surface area contributed by atoms with E-state index in [4.69, 9.17) is 0 Å². The van der Waals surface area contributed by atoms with Crippen LogP contribution in [0.4, 0.5) is 0 Å². The summed E-state index contributed by atoms with van der Waals surface area (Å²) in [5.74, 6) is 0.0366. The Hall–Kier alpha value is -1.11. The van der Waals surface area contributed by atoms with Gasteiger partial charge in [-0.3, -0.25) is 9.59 Å². The Kier molecular flexibility index (Phi) is 8.34. The molecule has 0 spiro atoms. The van der Waals surface area contributed by atoms with Gasteiger partial charge in [0, 0.05) is 13.1 Å². The molecule has 1 aromatic rings. The van der Waals surface area contributed by atoms with E-state index in [0.717, 1.165) is 37.1 Å². The lowest BCUT2D eigenvalue weighted by molar-refractivity contribution is -0.123. The van der Waals surface area contributed by atoms with Gasteiger partial charge in [-0.2, -0.15) is 0 Å². The van der Waals surface area contributed by atoms with Crippen LogP contribution < -0.4 is 16.0 Å². The first-order chi connectivity index (χ1) is 9.77. The van der Waals surface area contributed by atoms with Gasteiger partial charge in [0.15, 0.2) is 0 Å². The van der Waals surface area contributed by atoms with Gasteiger partial charge in [-0.05, 0) is 37.3 Å². The fourth-order valence-corrected chi connectivity index (χ4v) is 2.84. The molecule has 7 heteroatoms. The van der Waals surface area contributed by atoms with Crippen molar-refractivity contribution in [3.8, 4) is 0 Å². The van der Waals surface area contributed by atoms with Crippen LogP contribution in [0.5, 0.6) is 0 Å². The summed E-state index contributed by atoms with van der Waals surface area (Å²) in [7, 11) is 0. The normalized spacial score (nSPS) is 17.6. The van der Waals surface area contributed by atoms with E-state index in [1.165, 1.54) is 11.3 Å². The van der Waals surface area contributed by atoms with Crippen molar-refractivity contribution in [3.05, 3.63) is 22.4 Å². The van der Waals surface area contributed by atoms with Crippen molar-refractivity contribution >= 4 is 35.6 Å². The molecule has 21 heavy (non-hydrogen) atoms. The van der Waals surface area contributed by atoms with E-state index in [9.17, 15) is 9.59 Å². The molecule has 0 bridgehead atoms. The Morgan fingerprint density at radius 2 is 2.10 bits per heavy atom. The largest absolute Gasteiger partial charge is 0.355 e. The summed E-state index contributed by atoms with van der Waals surface area (Å²) in [6.45, 7) is 2.10. The Balaban J connectivity index is 0.00000220. The second-order valence-electron chi connectivity index (χ2n) is 4.88. The minimum absolute atomic E-state index is 0. The SMILES string of the molecule is Cl.O=C(NCCCNC(=O)C1CCCCN1)c1cccs1. The van der Waals surface area contributed by atoms with E-state index >= 15 is 0 Å². The van der Waals surface area contributed by atoms with Crippen molar-refractivity contribution in [1.82, 2.24) is 16.0 Å². The standard InChI is InChI=1S/C14H21N3O2S.ClH/c18-13(11-5-1-2-7-15-11)16-8-4-9-17-14(19)12-6-3-10-20-12;/h3,6,10-11,15H,1-2,4-5,7-9H2,(H,16,18)(H,17,19);1H. The molecule has 1 atom stereocenters. The van der Waals surface area contributed by atoms with Crippen molar-refractivity contribution in [3.63, 3.8) is 0 Å². The van der Waals surface area contributed by atoms with Gasteiger partial charge >= 0.3 is 0 Å². The molecule has 2 amide bonds. The van der Waals surface area contributed by atoms with Crippen molar-refractivity contribution < 1.29 is 9.59 Å². The molecule has 0 aromatic carbocycles. The Morgan fingerprint density at radius 3 is 2.76 bits per heavy atom. The minimum atomic E-state index is -0.0414.